The number of hydrogen-bond acceptors (Lipinski definition) is 3. The number of rotatable bonds is 1. The Balaban J connectivity index is 2.34. The fraction of sp³-hybridized carbons (Fsp3) is 0.625. The van der Waals surface area contributed by atoms with Gasteiger partial charge in [0.05, 0.1) is 5.92 Å². The van der Waals surface area contributed by atoms with E-state index in [1.807, 2.05) is 0 Å². The molecule has 1 heterocycles. The van der Waals surface area contributed by atoms with E-state index in [0.29, 0.717) is 12.8 Å². The first kappa shape index (κ1) is 8.98. The van der Waals surface area contributed by atoms with Crippen molar-refractivity contribution < 1.29 is 14.4 Å². The molecule has 14 heavy (non-hydrogen) atoms. The molecule has 1 saturated carbocycles. The predicted octanol–water partition coefficient (Wildman–Crippen LogP) is -1.15. The summed E-state index contributed by atoms with van der Waals surface area (Å²) in [5.74, 6) is -1.53. The number of carbonyl (C=O) groups is 3. The van der Waals surface area contributed by atoms with Crippen LogP contribution in [0, 0.1) is 5.92 Å². The van der Waals surface area contributed by atoms with E-state index >= 15 is 0 Å². The summed E-state index contributed by atoms with van der Waals surface area (Å²) in [5.41, 5.74) is 4.12. The summed E-state index contributed by atoms with van der Waals surface area (Å²) in [4.78, 5) is 33.6. The van der Waals surface area contributed by atoms with Crippen LogP contribution in [0.1, 0.15) is 19.3 Å². The lowest BCUT2D eigenvalue weighted by atomic mass is 9.86. The number of nitrogens with one attached hydrogen (secondary N) is 2. The van der Waals surface area contributed by atoms with E-state index in [1.165, 1.54) is 0 Å². The number of amides is 4. The molecule has 1 spiro atoms. The zero-order chi connectivity index (χ0) is 10.3. The van der Waals surface area contributed by atoms with E-state index < -0.39 is 29.3 Å². The highest BCUT2D eigenvalue weighted by atomic mass is 16.2. The van der Waals surface area contributed by atoms with Crippen LogP contribution in [0.3, 0.4) is 0 Å². The van der Waals surface area contributed by atoms with Gasteiger partial charge in [-0.15, -0.1) is 0 Å². The van der Waals surface area contributed by atoms with Crippen LogP contribution in [-0.2, 0) is 9.59 Å². The van der Waals surface area contributed by atoms with Gasteiger partial charge in [-0.05, 0) is 19.3 Å². The van der Waals surface area contributed by atoms with Crippen molar-refractivity contribution in [2.24, 2.45) is 11.7 Å². The van der Waals surface area contributed by atoms with E-state index in [9.17, 15) is 14.4 Å². The first-order valence-electron chi connectivity index (χ1n) is 4.49. The molecular weight excluding hydrogens is 186 g/mol. The van der Waals surface area contributed by atoms with Crippen LogP contribution in [-0.4, -0.2) is 23.4 Å². The average Bonchev–Trinajstić information content (AvgIpc) is 2.59. The van der Waals surface area contributed by atoms with Crippen LogP contribution in [0.25, 0.3) is 0 Å². The molecule has 0 aromatic carbocycles. The molecule has 4 N–H and O–H groups in total. The maximum absolute atomic E-state index is 11.5. The van der Waals surface area contributed by atoms with E-state index in [4.69, 9.17) is 5.73 Å². The summed E-state index contributed by atoms with van der Waals surface area (Å²) in [6.07, 6.45) is 1.77. The van der Waals surface area contributed by atoms with E-state index in [2.05, 4.69) is 10.6 Å². The third-order valence-corrected chi connectivity index (χ3v) is 2.97. The topological polar surface area (TPSA) is 101 Å². The Morgan fingerprint density at radius 2 is 2.21 bits per heavy atom. The normalized spacial score (nSPS) is 35.9. The quantitative estimate of drug-likeness (QED) is 0.462. The Bertz CT molecular complexity index is 328. The van der Waals surface area contributed by atoms with Gasteiger partial charge in [-0.1, -0.05) is 0 Å². The Kier molecular flexibility index (Phi) is 1.73. The molecular formula is C8H11N3O3. The molecule has 1 aliphatic heterocycles. The Hall–Kier alpha value is -1.59. The van der Waals surface area contributed by atoms with Crippen LogP contribution >= 0.6 is 0 Å². The number of primary amides is 1. The smallest absolute Gasteiger partial charge is 0.322 e. The second-order valence-corrected chi connectivity index (χ2v) is 3.73. The van der Waals surface area contributed by atoms with Gasteiger partial charge in [0.25, 0.3) is 5.91 Å². The molecule has 0 aromatic rings. The Morgan fingerprint density at radius 1 is 1.50 bits per heavy atom. The van der Waals surface area contributed by atoms with Crippen LogP contribution in [0.2, 0.25) is 0 Å². The highest BCUT2D eigenvalue weighted by Gasteiger charge is 2.56. The monoisotopic (exact) mass is 197 g/mol. The minimum Gasteiger partial charge on any atom is -0.369 e. The van der Waals surface area contributed by atoms with Crippen molar-refractivity contribution in [3.8, 4) is 0 Å². The van der Waals surface area contributed by atoms with Crippen molar-refractivity contribution in [1.82, 2.24) is 10.6 Å². The third kappa shape index (κ3) is 0.997. The summed E-state index contributed by atoms with van der Waals surface area (Å²) in [7, 11) is 0. The Morgan fingerprint density at radius 3 is 2.71 bits per heavy atom. The number of nitrogens with two attached hydrogens (primary N) is 1. The van der Waals surface area contributed by atoms with Crippen molar-refractivity contribution >= 4 is 17.8 Å². The van der Waals surface area contributed by atoms with Gasteiger partial charge in [-0.25, -0.2) is 4.79 Å². The highest BCUT2D eigenvalue weighted by molar-refractivity contribution is 6.09. The molecule has 4 amide bonds. The summed E-state index contributed by atoms with van der Waals surface area (Å²) >= 11 is 0. The van der Waals surface area contributed by atoms with Crippen molar-refractivity contribution in [1.29, 1.82) is 0 Å². The minimum absolute atomic E-state index is 0.427. The standard InChI is InChI=1S/C8H11N3O3/c9-5(12)4-2-1-3-8(4)6(13)10-7(14)11-8/h4H,1-3H2,(H2,9,12)(H2,10,11,13,14)/t4-,8-/m1/s1. The van der Waals surface area contributed by atoms with Gasteiger partial charge in [0.1, 0.15) is 5.54 Å². The van der Waals surface area contributed by atoms with Gasteiger partial charge >= 0.3 is 6.03 Å². The summed E-state index contributed by atoms with van der Waals surface area (Å²) < 4.78 is 0. The molecule has 2 aliphatic rings. The molecule has 1 aliphatic carbocycles. The van der Waals surface area contributed by atoms with Crippen LogP contribution in [0.15, 0.2) is 0 Å². The van der Waals surface area contributed by atoms with Gasteiger partial charge in [0, 0.05) is 0 Å². The maximum Gasteiger partial charge on any atom is 0.322 e. The molecule has 0 bridgehead atoms. The number of hydrogen-bond donors (Lipinski definition) is 3. The molecule has 76 valence electrons. The molecule has 6 heteroatoms. The zero-order valence-corrected chi connectivity index (χ0v) is 7.50. The predicted molar refractivity (Wildman–Crippen MR) is 45.9 cm³/mol. The fourth-order valence-electron chi connectivity index (χ4n) is 2.32. The molecule has 0 aromatic heterocycles. The summed E-state index contributed by atoms with van der Waals surface area (Å²) in [5, 5.41) is 4.65. The van der Waals surface area contributed by atoms with Crippen LogP contribution in [0.5, 0.6) is 0 Å². The first-order valence-corrected chi connectivity index (χ1v) is 4.49. The van der Waals surface area contributed by atoms with Crippen molar-refractivity contribution in [2.75, 3.05) is 0 Å². The van der Waals surface area contributed by atoms with Gasteiger partial charge in [0.2, 0.25) is 5.91 Å². The molecule has 0 radical (unpaired) electrons. The SMILES string of the molecule is NC(=O)[C@H]1CCC[C@@]12NC(=O)NC2=O. The first-order chi connectivity index (χ1) is 6.56. The van der Waals surface area contributed by atoms with Gasteiger partial charge in [-0.3, -0.25) is 14.9 Å². The van der Waals surface area contributed by atoms with Crippen molar-refractivity contribution in [3.63, 3.8) is 0 Å². The van der Waals surface area contributed by atoms with E-state index in [-0.39, 0.29) is 0 Å². The van der Waals surface area contributed by atoms with Crippen LogP contribution in [0.4, 0.5) is 4.79 Å². The van der Waals surface area contributed by atoms with Gasteiger partial charge < -0.3 is 11.1 Å². The lowest BCUT2D eigenvalue weighted by Gasteiger charge is -2.25. The average molecular weight is 197 g/mol. The van der Waals surface area contributed by atoms with E-state index in [0.717, 1.165) is 6.42 Å². The highest BCUT2D eigenvalue weighted by Crippen LogP contribution is 2.37. The largest absolute Gasteiger partial charge is 0.369 e. The lowest BCUT2D eigenvalue weighted by molar-refractivity contribution is -0.132. The maximum atomic E-state index is 11.5. The number of urea groups is 1. The summed E-state index contributed by atoms with van der Waals surface area (Å²) in [6, 6.07) is -0.539. The van der Waals surface area contributed by atoms with Crippen molar-refractivity contribution in [3.05, 3.63) is 0 Å². The van der Waals surface area contributed by atoms with Gasteiger partial charge in [0.15, 0.2) is 0 Å². The molecule has 6 nitrogen and oxygen atoms in total. The Labute approximate surface area is 80.2 Å². The minimum atomic E-state index is -1.07. The molecule has 1 saturated heterocycles. The number of carbonyl (C=O) groups excluding carboxylic acids is 3. The van der Waals surface area contributed by atoms with Crippen molar-refractivity contribution in [2.45, 2.75) is 24.8 Å². The fourth-order valence-corrected chi connectivity index (χ4v) is 2.32. The van der Waals surface area contributed by atoms with Gasteiger partial charge in [-0.2, -0.15) is 0 Å². The molecule has 2 rings (SSSR count). The van der Waals surface area contributed by atoms with E-state index in [1.54, 1.807) is 0 Å². The second kappa shape index (κ2) is 2.70. The third-order valence-electron chi connectivity index (χ3n) is 2.97. The second-order valence-electron chi connectivity index (χ2n) is 3.73. The zero-order valence-electron chi connectivity index (χ0n) is 7.50. The lowest BCUT2D eigenvalue weighted by Crippen LogP contribution is -2.53. The molecule has 2 fully saturated rings. The van der Waals surface area contributed by atoms with Crippen LogP contribution < -0.4 is 16.4 Å². The number of imide groups is 1. The molecule has 0 unspecified atom stereocenters. The molecule has 2 atom stereocenters. The summed E-state index contributed by atoms with van der Waals surface area (Å²) in [6.45, 7) is 0.